The highest BCUT2D eigenvalue weighted by molar-refractivity contribution is 7.91. The number of aryl methyl sites for hydroxylation is 1. The van der Waals surface area contributed by atoms with Crippen LogP contribution < -0.4 is 5.73 Å². The monoisotopic (exact) mass is 269 g/mol. The summed E-state index contributed by atoms with van der Waals surface area (Å²) in [7, 11) is -3.62. The van der Waals surface area contributed by atoms with Crippen molar-refractivity contribution < 1.29 is 12.8 Å². The number of halogens is 1. The number of aromatic nitrogens is 2. The molecule has 2 N–H and O–H groups in total. The average molecular weight is 269 g/mol. The predicted molar refractivity (Wildman–Crippen MR) is 65.1 cm³/mol. The van der Waals surface area contributed by atoms with Crippen LogP contribution in [-0.4, -0.2) is 24.0 Å². The Labute approximate surface area is 104 Å². The van der Waals surface area contributed by atoms with Gasteiger partial charge in [0.15, 0.2) is 9.84 Å². The Morgan fingerprint density at radius 2 is 2.17 bits per heavy atom. The molecule has 0 unspecified atom stereocenters. The van der Waals surface area contributed by atoms with Gasteiger partial charge in [-0.3, -0.25) is 4.68 Å². The molecule has 0 amide bonds. The summed E-state index contributed by atoms with van der Waals surface area (Å²) in [5.41, 5.74) is 5.61. The molecule has 0 radical (unpaired) electrons. The number of benzene rings is 1. The SMILES string of the molecule is Nc1ccc(F)cc1S(=O)(=O)CCn1cccn1. The van der Waals surface area contributed by atoms with Crippen LogP contribution in [0.1, 0.15) is 0 Å². The zero-order chi connectivity index (χ0) is 13.2. The van der Waals surface area contributed by atoms with E-state index in [1.54, 1.807) is 18.5 Å². The summed E-state index contributed by atoms with van der Waals surface area (Å²) in [6.45, 7) is 0.200. The van der Waals surface area contributed by atoms with E-state index in [2.05, 4.69) is 5.10 Å². The van der Waals surface area contributed by atoms with Gasteiger partial charge in [0.05, 0.1) is 22.9 Å². The highest BCUT2D eigenvalue weighted by atomic mass is 32.2. The molecule has 0 spiro atoms. The number of sulfone groups is 1. The fourth-order valence-electron chi connectivity index (χ4n) is 1.53. The molecule has 7 heteroatoms. The fourth-order valence-corrected chi connectivity index (χ4v) is 2.90. The minimum absolute atomic E-state index is 0.0527. The maximum Gasteiger partial charge on any atom is 0.182 e. The molecule has 18 heavy (non-hydrogen) atoms. The molecule has 0 atom stereocenters. The van der Waals surface area contributed by atoms with Gasteiger partial charge in [-0.1, -0.05) is 0 Å². The molecular formula is C11H12FN3O2S. The van der Waals surface area contributed by atoms with Crippen LogP contribution in [0.5, 0.6) is 0 Å². The molecule has 0 saturated heterocycles. The van der Waals surface area contributed by atoms with Crippen molar-refractivity contribution in [3.05, 3.63) is 42.5 Å². The first-order chi connectivity index (χ1) is 8.49. The minimum atomic E-state index is -3.62. The normalized spacial score (nSPS) is 11.6. The lowest BCUT2D eigenvalue weighted by Gasteiger charge is -2.07. The van der Waals surface area contributed by atoms with Crippen molar-refractivity contribution in [3.63, 3.8) is 0 Å². The Hall–Kier alpha value is -1.89. The molecule has 0 bridgehead atoms. The van der Waals surface area contributed by atoms with Crippen molar-refractivity contribution in [2.45, 2.75) is 11.4 Å². The zero-order valence-electron chi connectivity index (χ0n) is 9.45. The summed E-state index contributed by atoms with van der Waals surface area (Å²) < 4.78 is 38.6. The van der Waals surface area contributed by atoms with Gasteiger partial charge in [-0.05, 0) is 24.3 Å². The van der Waals surface area contributed by atoms with Gasteiger partial charge in [0.1, 0.15) is 5.82 Å². The maximum absolute atomic E-state index is 13.1. The Kier molecular flexibility index (Phi) is 3.33. The Balaban J connectivity index is 2.22. The first kappa shape index (κ1) is 12.6. The largest absolute Gasteiger partial charge is 0.398 e. The van der Waals surface area contributed by atoms with Crippen molar-refractivity contribution in [2.24, 2.45) is 0 Å². The van der Waals surface area contributed by atoms with Crippen LogP contribution in [0.15, 0.2) is 41.6 Å². The third-order valence-electron chi connectivity index (χ3n) is 2.46. The lowest BCUT2D eigenvalue weighted by atomic mass is 10.3. The van der Waals surface area contributed by atoms with Gasteiger partial charge in [-0.15, -0.1) is 0 Å². The summed E-state index contributed by atoms with van der Waals surface area (Å²) in [6, 6.07) is 5.01. The van der Waals surface area contributed by atoms with Crippen molar-refractivity contribution in [3.8, 4) is 0 Å². The number of nitrogens with zero attached hydrogens (tertiary/aromatic N) is 2. The smallest absolute Gasteiger partial charge is 0.182 e. The number of hydrogen-bond donors (Lipinski definition) is 1. The molecular weight excluding hydrogens is 257 g/mol. The molecule has 0 aliphatic heterocycles. The second kappa shape index (κ2) is 4.77. The first-order valence-corrected chi connectivity index (χ1v) is 6.89. The highest BCUT2D eigenvalue weighted by Gasteiger charge is 2.18. The van der Waals surface area contributed by atoms with Gasteiger partial charge in [0.25, 0.3) is 0 Å². The molecule has 1 heterocycles. The van der Waals surface area contributed by atoms with Crippen LogP contribution in [-0.2, 0) is 16.4 Å². The van der Waals surface area contributed by atoms with Crippen molar-refractivity contribution in [1.82, 2.24) is 9.78 Å². The van der Waals surface area contributed by atoms with E-state index in [0.29, 0.717) is 0 Å². The molecule has 0 aliphatic rings. The summed E-state index contributed by atoms with van der Waals surface area (Å²) >= 11 is 0. The standard InChI is InChI=1S/C11H12FN3O2S/c12-9-2-3-10(13)11(8-9)18(16,17)7-6-15-5-1-4-14-15/h1-5,8H,6-7,13H2. The zero-order valence-corrected chi connectivity index (χ0v) is 10.3. The van der Waals surface area contributed by atoms with Crippen LogP contribution in [0.25, 0.3) is 0 Å². The topological polar surface area (TPSA) is 78.0 Å². The predicted octanol–water partition coefficient (Wildman–Crippen LogP) is 1.08. The summed E-state index contributed by atoms with van der Waals surface area (Å²) in [4.78, 5) is -0.172. The Bertz CT molecular complexity index is 638. The molecule has 0 saturated carbocycles. The van der Waals surface area contributed by atoms with Crippen molar-refractivity contribution in [2.75, 3.05) is 11.5 Å². The van der Waals surface area contributed by atoms with Gasteiger partial charge in [-0.2, -0.15) is 5.10 Å². The van der Waals surface area contributed by atoms with E-state index in [1.807, 2.05) is 0 Å². The summed E-state index contributed by atoms with van der Waals surface area (Å²) in [5.74, 6) is -0.802. The maximum atomic E-state index is 13.1. The van der Waals surface area contributed by atoms with Gasteiger partial charge in [0.2, 0.25) is 0 Å². The minimum Gasteiger partial charge on any atom is -0.398 e. The highest BCUT2D eigenvalue weighted by Crippen LogP contribution is 2.20. The van der Waals surface area contributed by atoms with Crippen LogP contribution in [0.2, 0.25) is 0 Å². The molecule has 0 fully saturated rings. The fraction of sp³-hybridized carbons (Fsp3) is 0.182. The number of hydrogen-bond acceptors (Lipinski definition) is 4. The second-order valence-corrected chi connectivity index (χ2v) is 5.85. The van der Waals surface area contributed by atoms with Gasteiger partial charge < -0.3 is 5.73 Å². The van der Waals surface area contributed by atoms with Gasteiger partial charge in [0, 0.05) is 12.4 Å². The van der Waals surface area contributed by atoms with Crippen molar-refractivity contribution >= 4 is 15.5 Å². The van der Waals surface area contributed by atoms with E-state index in [4.69, 9.17) is 5.73 Å². The third-order valence-corrected chi connectivity index (χ3v) is 4.20. The van der Waals surface area contributed by atoms with Crippen LogP contribution in [0.4, 0.5) is 10.1 Å². The Morgan fingerprint density at radius 3 is 2.83 bits per heavy atom. The number of rotatable bonds is 4. The second-order valence-electron chi connectivity index (χ2n) is 3.77. The first-order valence-electron chi connectivity index (χ1n) is 5.24. The molecule has 1 aromatic carbocycles. The van der Waals surface area contributed by atoms with Gasteiger partial charge in [-0.25, -0.2) is 12.8 Å². The van der Waals surface area contributed by atoms with E-state index >= 15 is 0 Å². The van der Waals surface area contributed by atoms with E-state index in [0.717, 1.165) is 12.1 Å². The summed E-state index contributed by atoms with van der Waals surface area (Å²) in [6.07, 6.45) is 3.22. The Morgan fingerprint density at radius 1 is 1.39 bits per heavy atom. The van der Waals surface area contributed by atoms with E-state index in [1.165, 1.54) is 10.7 Å². The number of anilines is 1. The molecule has 1 aromatic heterocycles. The quantitative estimate of drug-likeness (QED) is 0.842. The lowest BCUT2D eigenvalue weighted by molar-refractivity contribution is 0.578. The van der Waals surface area contributed by atoms with Crippen LogP contribution in [0.3, 0.4) is 0 Å². The average Bonchev–Trinajstić information content (AvgIpc) is 2.83. The molecule has 5 nitrogen and oxygen atoms in total. The lowest BCUT2D eigenvalue weighted by Crippen LogP contribution is -2.15. The molecule has 2 rings (SSSR count). The van der Waals surface area contributed by atoms with Gasteiger partial charge >= 0.3 is 0 Å². The third kappa shape index (κ3) is 2.67. The van der Waals surface area contributed by atoms with E-state index < -0.39 is 15.7 Å². The number of nitrogen functional groups attached to an aromatic ring is 1. The van der Waals surface area contributed by atoms with E-state index in [9.17, 15) is 12.8 Å². The molecule has 96 valence electrons. The molecule has 2 aromatic rings. The summed E-state index contributed by atoms with van der Waals surface area (Å²) in [5, 5.41) is 3.90. The number of nitrogens with two attached hydrogens (primary N) is 1. The van der Waals surface area contributed by atoms with Crippen LogP contribution in [0, 0.1) is 5.82 Å². The van der Waals surface area contributed by atoms with Crippen molar-refractivity contribution in [1.29, 1.82) is 0 Å². The van der Waals surface area contributed by atoms with E-state index in [-0.39, 0.29) is 22.9 Å². The molecule has 0 aliphatic carbocycles. The van der Waals surface area contributed by atoms with Crippen LogP contribution >= 0.6 is 0 Å².